The highest BCUT2D eigenvalue weighted by Gasteiger charge is 2.33. The summed E-state index contributed by atoms with van der Waals surface area (Å²) < 4.78 is 40.2. The van der Waals surface area contributed by atoms with E-state index in [1.165, 1.54) is 0 Å². The molecule has 0 radical (unpaired) electrons. The van der Waals surface area contributed by atoms with Crippen molar-refractivity contribution in [2.24, 2.45) is 0 Å². The minimum atomic E-state index is -4.51. The molecule has 0 saturated carbocycles. The Morgan fingerprint density at radius 1 is 1.19 bits per heavy atom. The standard InChI is InChI=1S/C20H22Br2F3N5O/c1-11(2)12-9-14(21)17(15(22)10-12)29-19(31)27-13-4-7-30(8-5-13)18-26-6-3-16(28-18)20(23,24)25/h3,6,9-11,13H,4-5,7-8H2,1-2H3,(H2,27,29,31). The molecule has 1 aromatic heterocycles. The molecular formula is C20H22Br2F3N5O. The van der Waals surface area contributed by atoms with Gasteiger partial charge in [-0.15, -0.1) is 0 Å². The average molecular weight is 565 g/mol. The topological polar surface area (TPSA) is 70.2 Å². The molecular weight excluding hydrogens is 543 g/mol. The highest BCUT2D eigenvalue weighted by atomic mass is 79.9. The maximum absolute atomic E-state index is 12.9. The molecule has 6 nitrogen and oxygen atoms in total. The van der Waals surface area contributed by atoms with Gasteiger partial charge < -0.3 is 15.5 Å². The molecule has 0 bridgehead atoms. The summed E-state index contributed by atoms with van der Waals surface area (Å²) >= 11 is 7.00. The minimum Gasteiger partial charge on any atom is -0.341 e. The van der Waals surface area contributed by atoms with Gasteiger partial charge in [0.25, 0.3) is 0 Å². The first kappa shape index (κ1) is 23.8. The predicted octanol–water partition coefficient (Wildman–Crippen LogP) is 5.93. The van der Waals surface area contributed by atoms with Crippen LogP contribution in [0, 0.1) is 0 Å². The van der Waals surface area contributed by atoms with Crippen molar-refractivity contribution in [1.29, 1.82) is 0 Å². The third-order valence-corrected chi connectivity index (χ3v) is 6.27. The number of carbonyl (C=O) groups excluding carboxylic acids is 1. The Morgan fingerprint density at radius 2 is 1.81 bits per heavy atom. The Hall–Kier alpha value is -1.88. The van der Waals surface area contributed by atoms with Gasteiger partial charge in [-0.3, -0.25) is 0 Å². The molecule has 31 heavy (non-hydrogen) atoms. The molecule has 11 heteroatoms. The molecule has 3 rings (SSSR count). The fourth-order valence-corrected chi connectivity index (χ4v) is 4.68. The molecule has 0 aliphatic carbocycles. The molecule has 2 aromatic rings. The van der Waals surface area contributed by atoms with E-state index in [4.69, 9.17) is 0 Å². The molecule has 1 aliphatic rings. The second-order valence-corrected chi connectivity index (χ2v) is 9.32. The van der Waals surface area contributed by atoms with E-state index in [1.54, 1.807) is 4.90 Å². The predicted molar refractivity (Wildman–Crippen MR) is 120 cm³/mol. The molecule has 2 amide bonds. The summed E-state index contributed by atoms with van der Waals surface area (Å²) in [4.78, 5) is 21.8. The van der Waals surface area contributed by atoms with E-state index in [2.05, 4.69) is 66.3 Å². The molecule has 0 atom stereocenters. The van der Waals surface area contributed by atoms with E-state index in [1.807, 2.05) is 12.1 Å². The number of urea groups is 1. The van der Waals surface area contributed by atoms with Gasteiger partial charge in [0, 0.05) is 34.3 Å². The van der Waals surface area contributed by atoms with Crippen molar-refractivity contribution in [2.75, 3.05) is 23.3 Å². The van der Waals surface area contributed by atoms with Gasteiger partial charge in [0.05, 0.1) is 5.69 Å². The van der Waals surface area contributed by atoms with Crippen molar-refractivity contribution in [3.05, 3.63) is 44.6 Å². The number of benzene rings is 1. The molecule has 1 saturated heterocycles. The molecule has 2 heterocycles. The number of piperidine rings is 1. The number of alkyl halides is 3. The van der Waals surface area contributed by atoms with Crippen molar-refractivity contribution >= 4 is 49.5 Å². The lowest BCUT2D eigenvalue weighted by molar-refractivity contribution is -0.141. The number of nitrogens with one attached hydrogen (secondary N) is 2. The van der Waals surface area contributed by atoms with Crippen LogP contribution in [0.25, 0.3) is 0 Å². The number of nitrogens with zero attached hydrogens (tertiary/aromatic N) is 3. The zero-order valence-electron chi connectivity index (χ0n) is 16.9. The van der Waals surface area contributed by atoms with Gasteiger partial charge in [-0.1, -0.05) is 13.8 Å². The molecule has 0 unspecified atom stereocenters. The fraction of sp³-hybridized carbons (Fsp3) is 0.450. The number of halogens is 5. The van der Waals surface area contributed by atoms with Crippen LogP contribution in [0.3, 0.4) is 0 Å². The first-order valence-corrected chi connectivity index (χ1v) is 11.3. The second-order valence-electron chi connectivity index (χ2n) is 7.61. The smallest absolute Gasteiger partial charge is 0.341 e. The van der Waals surface area contributed by atoms with Crippen LogP contribution in [0.2, 0.25) is 0 Å². The fourth-order valence-electron chi connectivity index (χ4n) is 3.26. The molecule has 1 aliphatic heterocycles. The summed E-state index contributed by atoms with van der Waals surface area (Å²) in [5.74, 6) is 0.400. The zero-order valence-corrected chi connectivity index (χ0v) is 20.1. The molecule has 1 aromatic carbocycles. The summed E-state index contributed by atoms with van der Waals surface area (Å²) in [6.07, 6.45) is -2.25. The maximum atomic E-state index is 12.9. The van der Waals surface area contributed by atoms with Crippen molar-refractivity contribution in [2.45, 2.75) is 44.8 Å². The summed E-state index contributed by atoms with van der Waals surface area (Å²) in [5.41, 5.74) is 0.808. The van der Waals surface area contributed by atoms with Crippen LogP contribution in [-0.2, 0) is 6.18 Å². The van der Waals surface area contributed by atoms with Crippen molar-refractivity contribution in [1.82, 2.24) is 15.3 Å². The third kappa shape index (κ3) is 6.09. The number of aromatic nitrogens is 2. The number of rotatable bonds is 4. The average Bonchev–Trinajstić information content (AvgIpc) is 2.70. The summed E-state index contributed by atoms with van der Waals surface area (Å²) in [7, 11) is 0. The van der Waals surface area contributed by atoms with E-state index in [0.717, 1.165) is 26.8 Å². The summed E-state index contributed by atoms with van der Waals surface area (Å²) in [6.45, 7) is 5.07. The Kier molecular flexibility index (Phi) is 7.46. The number of amides is 2. The van der Waals surface area contributed by atoms with Crippen LogP contribution in [0.1, 0.15) is 43.9 Å². The maximum Gasteiger partial charge on any atom is 0.433 e. The van der Waals surface area contributed by atoms with Crippen molar-refractivity contribution in [3.63, 3.8) is 0 Å². The van der Waals surface area contributed by atoms with Gasteiger partial charge in [0.15, 0.2) is 0 Å². The van der Waals surface area contributed by atoms with E-state index < -0.39 is 11.9 Å². The van der Waals surface area contributed by atoms with Crippen molar-refractivity contribution < 1.29 is 18.0 Å². The monoisotopic (exact) mass is 563 g/mol. The highest BCUT2D eigenvalue weighted by molar-refractivity contribution is 9.11. The normalized spacial score (nSPS) is 15.3. The van der Waals surface area contributed by atoms with Crippen LogP contribution in [-0.4, -0.2) is 35.1 Å². The largest absolute Gasteiger partial charge is 0.433 e. The SMILES string of the molecule is CC(C)c1cc(Br)c(NC(=O)NC2CCN(c3nccc(C(F)(F)F)n3)CC2)c(Br)c1. The van der Waals surface area contributed by atoms with E-state index >= 15 is 0 Å². The van der Waals surface area contributed by atoms with Gasteiger partial charge in [-0.25, -0.2) is 14.8 Å². The lowest BCUT2D eigenvalue weighted by Gasteiger charge is -2.32. The Labute approximate surface area is 195 Å². The number of hydrogen-bond donors (Lipinski definition) is 2. The van der Waals surface area contributed by atoms with Crippen LogP contribution in [0.15, 0.2) is 33.3 Å². The number of carbonyl (C=O) groups is 1. The summed E-state index contributed by atoms with van der Waals surface area (Å²) in [6, 6.07) is 4.35. The quantitative estimate of drug-likeness (QED) is 0.482. The van der Waals surface area contributed by atoms with E-state index in [-0.39, 0.29) is 18.0 Å². The molecule has 0 spiro atoms. The van der Waals surface area contributed by atoms with Gasteiger partial charge in [-0.2, -0.15) is 13.2 Å². The van der Waals surface area contributed by atoms with E-state index in [0.29, 0.717) is 37.5 Å². The molecule has 2 N–H and O–H groups in total. The van der Waals surface area contributed by atoms with Crippen molar-refractivity contribution in [3.8, 4) is 0 Å². The third-order valence-electron chi connectivity index (χ3n) is 5.02. The van der Waals surface area contributed by atoms with Gasteiger partial charge >= 0.3 is 12.2 Å². The van der Waals surface area contributed by atoms with Gasteiger partial charge in [0.1, 0.15) is 5.69 Å². The molecule has 1 fully saturated rings. The van der Waals surface area contributed by atoms with Crippen LogP contribution in [0.5, 0.6) is 0 Å². The lowest BCUT2D eigenvalue weighted by atomic mass is 10.0. The number of hydrogen-bond acceptors (Lipinski definition) is 4. The van der Waals surface area contributed by atoms with Gasteiger partial charge in [-0.05, 0) is 74.4 Å². The van der Waals surface area contributed by atoms with Crippen LogP contribution in [0.4, 0.5) is 29.6 Å². The Bertz CT molecular complexity index is 924. The summed E-state index contributed by atoms with van der Waals surface area (Å²) in [5, 5.41) is 5.78. The Balaban J connectivity index is 1.56. The highest BCUT2D eigenvalue weighted by Crippen LogP contribution is 2.35. The minimum absolute atomic E-state index is 0.0517. The zero-order chi connectivity index (χ0) is 22.8. The Morgan fingerprint density at radius 3 is 2.35 bits per heavy atom. The van der Waals surface area contributed by atoms with Gasteiger partial charge in [0.2, 0.25) is 5.95 Å². The lowest BCUT2D eigenvalue weighted by Crippen LogP contribution is -2.46. The second kappa shape index (κ2) is 9.72. The first-order valence-electron chi connectivity index (χ1n) is 9.76. The number of anilines is 2. The van der Waals surface area contributed by atoms with E-state index in [9.17, 15) is 18.0 Å². The van der Waals surface area contributed by atoms with Crippen LogP contribution < -0.4 is 15.5 Å². The van der Waals surface area contributed by atoms with Crippen LogP contribution >= 0.6 is 31.9 Å². The molecule has 168 valence electrons. The first-order chi connectivity index (χ1) is 14.5.